The van der Waals surface area contributed by atoms with Crippen LogP contribution in [0, 0.1) is 0 Å². The number of hydrogen-bond donors (Lipinski definition) is 1. The molecule has 3 aromatic rings. The second kappa shape index (κ2) is 5.83. The van der Waals surface area contributed by atoms with Crippen molar-refractivity contribution in [2.45, 2.75) is 26.4 Å². The van der Waals surface area contributed by atoms with E-state index in [0.29, 0.717) is 6.04 Å². The first kappa shape index (κ1) is 13.4. The molecule has 0 aliphatic rings. The monoisotopic (exact) mass is 281 g/mol. The smallest absolute Gasteiger partial charge is 0.0951 e. The standard InChI is InChI=1S/C16H19N5/c1-13(2)20-12-17-10-14(20)11-18-15-6-3-4-7-16(15)21-9-5-8-19-21/h3-10,12-13,18H,11H2,1-2H3. The van der Waals surface area contributed by atoms with Crippen LogP contribution in [0.15, 0.2) is 55.2 Å². The largest absolute Gasteiger partial charge is 0.378 e. The summed E-state index contributed by atoms with van der Waals surface area (Å²) >= 11 is 0. The van der Waals surface area contributed by atoms with Crippen molar-refractivity contribution in [3.05, 3.63) is 60.9 Å². The molecule has 0 saturated carbocycles. The Morgan fingerprint density at radius 1 is 1.19 bits per heavy atom. The summed E-state index contributed by atoms with van der Waals surface area (Å²) in [6.45, 7) is 5.04. The molecule has 0 aliphatic carbocycles. The number of benzene rings is 1. The van der Waals surface area contributed by atoms with Gasteiger partial charge in [0.2, 0.25) is 0 Å². The summed E-state index contributed by atoms with van der Waals surface area (Å²) in [5.41, 5.74) is 3.26. The molecule has 0 aliphatic heterocycles. The van der Waals surface area contributed by atoms with Crippen molar-refractivity contribution >= 4 is 5.69 Å². The normalized spacial score (nSPS) is 11.0. The fourth-order valence-electron chi connectivity index (χ4n) is 2.35. The van der Waals surface area contributed by atoms with E-state index in [1.165, 1.54) is 5.69 Å². The molecule has 5 heteroatoms. The maximum Gasteiger partial charge on any atom is 0.0951 e. The van der Waals surface area contributed by atoms with Crippen LogP contribution in [-0.2, 0) is 6.54 Å². The highest BCUT2D eigenvalue weighted by Gasteiger charge is 2.07. The van der Waals surface area contributed by atoms with E-state index in [9.17, 15) is 0 Å². The van der Waals surface area contributed by atoms with Gasteiger partial charge in [-0.15, -0.1) is 0 Å². The Hall–Kier alpha value is -2.56. The van der Waals surface area contributed by atoms with Crippen LogP contribution in [0.3, 0.4) is 0 Å². The zero-order chi connectivity index (χ0) is 14.7. The number of anilines is 1. The molecule has 1 N–H and O–H groups in total. The lowest BCUT2D eigenvalue weighted by Crippen LogP contribution is -2.10. The Morgan fingerprint density at radius 2 is 2.05 bits per heavy atom. The third-order valence-electron chi connectivity index (χ3n) is 3.42. The highest BCUT2D eigenvalue weighted by atomic mass is 15.3. The van der Waals surface area contributed by atoms with Crippen molar-refractivity contribution in [2.24, 2.45) is 0 Å². The van der Waals surface area contributed by atoms with Gasteiger partial charge in [0, 0.05) is 24.6 Å². The van der Waals surface area contributed by atoms with Gasteiger partial charge in [-0.05, 0) is 32.0 Å². The van der Waals surface area contributed by atoms with Gasteiger partial charge >= 0.3 is 0 Å². The van der Waals surface area contributed by atoms with E-state index in [1.54, 1.807) is 6.20 Å². The first-order valence-electron chi connectivity index (χ1n) is 7.09. The molecule has 0 atom stereocenters. The summed E-state index contributed by atoms with van der Waals surface area (Å²) in [5.74, 6) is 0. The molecule has 0 bridgehead atoms. The van der Waals surface area contributed by atoms with Gasteiger partial charge in [0.15, 0.2) is 0 Å². The Kier molecular flexibility index (Phi) is 3.73. The zero-order valence-electron chi connectivity index (χ0n) is 12.3. The van der Waals surface area contributed by atoms with Gasteiger partial charge in [0.05, 0.1) is 29.9 Å². The van der Waals surface area contributed by atoms with E-state index in [0.717, 1.165) is 17.9 Å². The molecule has 0 radical (unpaired) electrons. The Labute approximate surface area is 124 Å². The van der Waals surface area contributed by atoms with Crippen molar-refractivity contribution < 1.29 is 0 Å². The van der Waals surface area contributed by atoms with Crippen LogP contribution in [0.2, 0.25) is 0 Å². The minimum absolute atomic E-state index is 0.408. The van der Waals surface area contributed by atoms with Crippen LogP contribution < -0.4 is 5.32 Å². The quantitative estimate of drug-likeness (QED) is 0.781. The van der Waals surface area contributed by atoms with Crippen LogP contribution in [0.25, 0.3) is 5.69 Å². The molecule has 1 aromatic carbocycles. The highest BCUT2D eigenvalue weighted by Crippen LogP contribution is 2.20. The van der Waals surface area contributed by atoms with E-state index in [1.807, 2.05) is 41.6 Å². The Morgan fingerprint density at radius 3 is 2.81 bits per heavy atom. The van der Waals surface area contributed by atoms with Gasteiger partial charge < -0.3 is 9.88 Å². The van der Waals surface area contributed by atoms with Gasteiger partial charge in [-0.1, -0.05) is 12.1 Å². The van der Waals surface area contributed by atoms with E-state index in [2.05, 4.69) is 45.9 Å². The minimum Gasteiger partial charge on any atom is -0.378 e. The lowest BCUT2D eigenvalue weighted by Gasteiger charge is -2.15. The number of nitrogens with zero attached hydrogens (tertiary/aromatic N) is 4. The van der Waals surface area contributed by atoms with Crippen LogP contribution in [0.1, 0.15) is 25.6 Å². The van der Waals surface area contributed by atoms with E-state index < -0.39 is 0 Å². The summed E-state index contributed by atoms with van der Waals surface area (Å²) in [4.78, 5) is 4.23. The first-order chi connectivity index (χ1) is 10.3. The SMILES string of the molecule is CC(C)n1cncc1CNc1ccccc1-n1cccn1. The van der Waals surface area contributed by atoms with Crippen LogP contribution in [-0.4, -0.2) is 19.3 Å². The summed E-state index contributed by atoms with van der Waals surface area (Å²) in [7, 11) is 0. The molecule has 0 unspecified atom stereocenters. The molecule has 108 valence electrons. The molecular weight excluding hydrogens is 262 g/mol. The van der Waals surface area contributed by atoms with E-state index >= 15 is 0 Å². The fourth-order valence-corrected chi connectivity index (χ4v) is 2.35. The number of nitrogens with one attached hydrogen (secondary N) is 1. The molecule has 0 fully saturated rings. The summed E-state index contributed by atoms with van der Waals surface area (Å²) in [6, 6.07) is 10.5. The van der Waals surface area contributed by atoms with Crippen molar-refractivity contribution in [3.8, 4) is 5.69 Å². The highest BCUT2D eigenvalue weighted by molar-refractivity contribution is 5.60. The average molecular weight is 281 g/mol. The second-order valence-electron chi connectivity index (χ2n) is 5.21. The molecule has 2 heterocycles. The predicted molar refractivity (Wildman–Crippen MR) is 83.5 cm³/mol. The molecule has 0 amide bonds. The van der Waals surface area contributed by atoms with Crippen molar-refractivity contribution in [1.29, 1.82) is 0 Å². The van der Waals surface area contributed by atoms with Gasteiger partial charge in [0.1, 0.15) is 0 Å². The molecule has 0 spiro atoms. The summed E-state index contributed by atoms with van der Waals surface area (Å²) < 4.78 is 4.03. The predicted octanol–water partition coefficient (Wildman–Crippen LogP) is 3.26. The number of para-hydroxylation sites is 2. The average Bonchev–Trinajstić information content (AvgIpc) is 3.16. The van der Waals surface area contributed by atoms with Crippen molar-refractivity contribution in [3.63, 3.8) is 0 Å². The third kappa shape index (κ3) is 2.81. The molecule has 21 heavy (non-hydrogen) atoms. The number of hydrogen-bond acceptors (Lipinski definition) is 3. The number of rotatable bonds is 5. The number of imidazole rings is 1. The third-order valence-corrected chi connectivity index (χ3v) is 3.42. The molecule has 2 aromatic heterocycles. The van der Waals surface area contributed by atoms with Gasteiger partial charge in [-0.3, -0.25) is 0 Å². The Bertz CT molecular complexity index is 697. The summed E-state index contributed by atoms with van der Waals surface area (Å²) in [6.07, 6.45) is 7.51. The van der Waals surface area contributed by atoms with Crippen LogP contribution in [0.4, 0.5) is 5.69 Å². The molecule has 5 nitrogen and oxygen atoms in total. The topological polar surface area (TPSA) is 47.7 Å². The number of aromatic nitrogens is 4. The molecular formula is C16H19N5. The zero-order valence-corrected chi connectivity index (χ0v) is 12.3. The van der Waals surface area contributed by atoms with E-state index in [4.69, 9.17) is 0 Å². The second-order valence-corrected chi connectivity index (χ2v) is 5.21. The van der Waals surface area contributed by atoms with Gasteiger partial charge in [0.25, 0.3) is 0 Å². The molecule has 3 rings (SSSR count). The first-order valence-corrected chi connectivity index (χ1v) is 7.09. The summed E-state index contributed by atoms with van der Waals surface area (Å²) in [5, 5.41) is 7.77. The molecule has 0 saturated heterocycles. The van der Waals surface area contributed by atoms with Crippen molar-refractivity contribution in [2.75, 3.05) is 5.32 Å². The van der Waals surface area contributed by atoms with Crippen LogP contribution >= 0.6 is 0 Å². The van der Waals surface area contributed by atoms with Gasteiger partial charge in [-0.2, -0.15) is 5.10 Å². The van der Waals surface area contributed by atoms with E-state index in [-0.39, 0.29) is 0 Å². The minimum atomic E-state index is 0.408. The maximum absolute atomic E-state index is 4.30. The van der Waals surface area contributed by atoms with Gasteiger partial charge in [-0.25, -0.2) is 9.67 Å². The van der Waals surface area contributed by atoms with Crippen molar-refractivity contribution in [1.82, 2.24) is 19.3 Å². The Balaban J connectivity index is 1.81. The maximum atomic E-state index is 4.30. The lowest BCUT2D eigenvalue weighted by molar-refractivity contribution is 0.577. The van der Waals surface area contributed by atoms with Crippen LogP contribution in [0.5, 0.6) is 0 Å². The lowest BCUT2D eigenvalue weighted by atomic mass is 10.2. The fraction of sp³-hybridized carbons (Fsp3) is 0.250.